The number of esters is 1. The minimum absolute atomic E-state index is 0.0523. The summed E-state index contributed by atoms with van der Waals surface area (Å²) in [5.41, 5.74) is 6.86. The Balaban J connectivity index is 2.17. The van der Waals surface area contributed by atoms with Gasteiger partial charge in [-0.2, -0.15) is 0 Å². The van der Waals surface area contributed by atoms with E-state index in [1.807, 2.05) is 0 Å². The van der Waals surface area contributed by atoms with Crippen LogP contribution in [0.2, 0.25) is 0 Å². The van der Waals surface area contributed by atoms with Gasteiger partial charge in [-0.25, -0.2) is 9.18 Å². The highest BCUT2D eigenvalue weighted by Gasteiger charge is 2.41. The average molecular weight is 331 g/mol. The van der Waals surface area contributed by atoms with E-state index in [-0.39, 0.29) is 23.8 Å². The van der Waals surface area contributed by atoms with Gasteiger partial charge in [0.1, 0.15) is 17.1 Å². The minimum Gasteiger partial charge on any atom is -0.462 e. The Bertz CT molecular complexity index is 766. The van der Waals surface area contributed by atoms with Crippen LogP contribution in [-0.2, 0) is 19.1 Å². The van der Waals surface area contributed by atoms with E-state index in [2.05, 4.69) is 0 Å². The summed E-state index contributed by atoms with van der Waals surface area (Å²) in [5.74, 6) is -1.61. The second kappa shape index (κ2) is 6.47. The third kappa shape index (κ3) is 2.79. The molecule has 0 spiro atoms. The summed E-state index contributed by atoms with van der Waals surface area (Å²) in [6.07, 6.45) is 1.59. The van der Waals surface area contributed by atoms with Gasteiger partial charge in [-0.15, -0.1) is 0 Å². The summed E-state index contributed by atoms with van der Waals surface area (Å²) < 4.78 is 24.3. The smallest absolute Gasteiger partial charge is 0.340 e. The first-order valence-electron chi connectivity index (χ1n) is 7.89. The summed E-state index contributed by atoms with van der Waals surface area (Å²) in [4.78, 5) is 24.9. The Morgan fingerprint density at radius 1 is 1.42 bits per heavy atom. The number of ether oxygens (including phenoxy) is 2. The Labute approximate surface area is 138 Å². The maximum Gasteiger partial charge on any atom is 0.340 e. The molecule has 1 unspecified atom stereocenters. The van der Waals surface area contributed by atoms with E-state index in [4.69, 9.17) is 15.2 Å². The van der Waals surface area contributed by atoms with Crippen LogP contribution in [0.5, 0.6) is 0 Å². The fraction of sp³-hybridized carbons (Fsp3) is 0.333. The molecular formula is C18H18FNO4. The Kier molecular flexibility index (Phi) is 4.38. The number of Topliss-reactive ketones (excluding diaryl/α,β-unsaturated/α-hetero) is 1. The number of hydrogen-bond donors (Lipinski definition) is 1. The van der Waals surface area contributed by atoms with Crippen molar-refractivity contribution in [3.8, 4) is 0 Å². The molecule has 0 fully saturated rings. The zero-order valence-corrected chi connectivity index (χ0v) is 13.3. The molecule has 3 rings (SSSR count). The number of rotatable bonds is 3. The lowest BCUT2D eigenvalue weighted by Gasteiger charge is -2.32. The number of carbonyl (C=O) groups is 2. The number of carbonyl (C=O) groups excluding carboxylic acids is 2. The van der Waals surface area contributed by atoms with E-state index in [1.165, 1.54) is 18.2 Å². The lowest BCUT2D eigenvalue weighted by atomic mass is 9.77. The van der Waals surface area contributed by atoms with Crippen molar-refractivity contribution < 1.29 is 23.5 Å². The molecule has 5 nitrogen and oxygen atoms in total. The molecule has 1 heterocycles. The van der Waals surface area contributed by atoms with E-state index < -0.39 is 17.7 Å². The van der Waals surface area contributed by atoms with Crippen molar-refractivity contribution in [1.82, 2.24) is 0 Å². The fourth-order valence-corrected chi connectivity index (χ4v) is 3.18. The summed E-state index contributed by atoms with van der Waals surface area (Å²) in [6.45, 7) is 1.83. The summed E-state index contributed by atoms with van der Waals surface area (Å²) in [7, 11) is 0. The normalized spacial score (nSPS) is 20.6. The van der Waals surface area contributed by atoms with Crippen molar-refractivity contribution >= 4 is 11.8 Å². The molecule has 1 atom stereocenters. The summed E-state index contributed by atoms with van der Waals surface area (Å²) in [5, 5.41) is 0. The standard InChI is InChI=1S/C18H18FNO4/c1-2-23-18(22)16-14(10-5-3-6-11(19)9-10)15-12(21)7-4-8-13(15)24-17(16)20/h3,5-6,9,14H,2,4,7-8,20H2,1H3. The van der Waals surface area contributed by atoms with Crippen LogP contribution in [0.1, 0.15) is 37.7 Å². The molecule has 1 aromatic carbocycles. The van der Waals surface area contributed by atoms with E-state index in [0.717, 1.165) is 0 Å². The fourth-order valence-electron chi connectivity index (χ4n) is 3.18. The lowest BCUT2D eigenvalue weighted by molar-refractivity contribution is -0.139. The second-order valence-electron chi connectivity index (χ2n) is 5.70. The molecule has 126 valence electrons. The van der Waals surface area contributed by atoms with Crippen LogP contribution in [-0.4, -0.2) is 18.4 Å². The maximum absolute atomic E-state index is 13.7. The zero-order chi connectivity index (χ0) is 17.3. The maximum atomic E-state index is 13.7. The quantitative estimate of drug-likeness (QED) is 0.862. The van der Waals surface area contributed by atoms with Crippen LogP contribution in [0.25, 0.3) is 0 Å². The van der Waals surface area contributed by atoms with E-state index in [9.17, 15) is 14.0 Å². The number of benzene rings is 1. The van der Waals surface area contributed by atoms with Gasteiger partial charge in [0.15, 0.2) is 5.78 Å². The van der Waals surface area contributed by atoms with Crippen LogP contribution in [0, 0.1) is 5.82 Å². The summed E-state index contributed by atoms with van der Waals surface area (Å²) in [6, 6.07) is 5.80. The van der Waals surface area contributed by atoms with Gasteiger partial charge in [-0.3, -0.25) is 4.79 Å². The first-order valence-corrected chi connectivity index (χ1v) is 7.89. The molecule has 0 radical (unpaired) electrons. The van der Waals surface area contributed by atoms with Gasteiger partial charge in [-0.1, -0.05) is 12.1 Å². The van der Waals surface area contributed by atoms with Gasteiger partial charge in [0.25, 0.3) is 0 Å². The zero-order valence-electron chi connectivity index (χ0n) is 13.3. The molecule has 1 aromatic rings. The minimum atomic E-state index is -0.767. The van der Waals surface area contributed by atoms with Crippen molar-refractivity contribution in [3.05, 3.63) is 58.4 Å². The van der Waals surface area contributed by atoms with Crippen LogP contribution >= 0.6 is 0 Å². The number of halogens is 1. The molecule has 6 heteroatoms. The molecule has 0 saturated heterocycles. The van der Waals surface area contributed by atoms with Gasteiger partial charge in [-0.05, 0) is 31.0 Å². The van der Waals surface area contributed by atoms with Crippen LogP contribution in [0.4, 0.5) is 4.39 Å². The highest BCUT2D eigenvalue weighted by atomic mass is 19.1. The molecule has 0 saturated carbocycles. The van der Waals surface area contributed by atoms with Gasteiger partial charge in [0, 0.05) is 18.4 Å². The second-order valence-corrected chi connectivity index (χ2v) is 5.70. The third-order valence-electron chi connectivity index (χ3n) is 4.16. The molecule has 0 aromatic heterocycles. The number of nitrogens with two attached hydrogens (primary N) is 1. The van der Waals surface area contributed by atoms with Crippen LogP contribution < -0.4 is 5.73 Å². The molecule has 0 bridgehead atoms. The van der Waals surface area contributed by atoms with Crippen molar-refractivity contribution in [3.63, 3.8) is 0 Å². The van der Waals surface area contributed by atoms with Crippen molar-refractivity contribution in [2.45, 2.75) is 32.1 Å². The van der Waals surface area contributed by atoms with Crippen molar-refractivity contribution in [2.75, 3.05) is 6.61 Å². The Morgan fingerprint density at radius 3 is 2.92 bits per heavy atom. The van der Waals surface area contributed by atoms with E-state index in [1.54, 1.807) is 13.0 Å². The van der Waals surface area contributed by atoms with Gasteiger partial charge >= 0.3 is 5.97 Å². The highest BCUT2D eigenvalue weighted by molar-refractivity contribution is 6.03. The molecule has 2 N–H and O–H groups in total. The predicted octanol–water partition coefficient (Wildman–Crippen LogP) is 2.68. The number of ketones is 1. The predicted molar refractivity (Wildman–Crippen MR) is 84.0 cm³/mol. The van der Waals surface area contributed by atoms with Crippen LogP contribution in [0.15, 0.2) is 47.1 Å². The number of hydrogen-bond acceptors (Lipinski definition) is 5. The van der Waals surface area contributed by atoms with Crippen molar-refractivity contribution in [1.29, 1.82) is 0 Å². The first-order chi connectivity index (χ1) is 11.5. The van der Waals surface area contributed by atoms with Gasteiger partial charge in [0.2, 0.25) is 5.88 Å². The first kappa shape index (κ1) is 16.2. The largest absolute Gasteiger partial charge is 0.462 e. The highest BCUT2D eigenvalue weighted by Crippen LogP contribution is 2.44. The summed E-state index contributed by atoms with van der Waals surface area (Å²) >= 11 is 0. The Hall–Kier alpha value is -2.63. The molecule has 1 aliphatic heterocycles. The number of allylic oxidation sites excluding steroid dienone is 2. The Morgan fingerprint density at radius 2 is 2.21 bits per heavy atom. The van der Waals surface area contributed by atoms with E-state index in [0.29, 0.717) is 36.2 Å². The monoisotopic (exact) mass is 331 g/mol. The topological polar surface area (TPSA) is 78.6 Å². The molecular weight excluding hydrogens is 313 g/mol. The molecule has 2 aliphatic rings. The van der Waals surface area contributed by atoms with E-state index >= 15 is 0 Å². The van der Waals surface area contributed by atoms with Crippen LogP contribution in [0.3, 0.4) is 0 Å². The molecule has 0 amide bonds. The SMILES string of the molecule is CCOC(=O)C1=C(N)OC2=C(C(=O)CCC2)C1c1cccc(F)c1. The third-order valence-corrected chi connectivity index (χ3v) is 4.16. The lowest BCUT2D eigenvalue weighted by Crippen LogP contribution is -2.31. The van der Waals surface area contributed by atoms with Gasteiger partial charge in [0.05, 0.1) is 12.5 Å². The van der Waals surface area contributed by atoms with Crippen molar-refractivity contribution in [2.24, 2.45) is 5.73 Å². The molecule has 24 heavy (non-hydrogen) atoms. The average Bonchev–Trinajstić information content (AvgIpc) is 2.54. The molecule has 1 aliphatic carbocycles. The van der Waals surface area contributed by atoms with Gasteiger partial charge < -0.3 is 15.2 Å².